The molecule has 0 saturated carbocycles. The zero-order valence-corrected chi connectivity index (χ0v) is 13.5. The normalized spacial score (nSPS) is 14.2. The lowest BCUT2D eigenvalue weighted by molar-refractivity contribution is 0.0948. The number of aromatic amines is 1. The van der Waals surface area contributed by atoms with Gasteiger partial charge < -0.3 is 15.2 Å². The number of amides is 1. The van der Waals surface area contributed by atoms with E-state index in [1.54, 1.807) is 10.6 Å². The highest BCUT2D eigenvalue weighted by Crippen LogP contribution is 2.17. The first-order valence-corrected chi connectivity index (χ1v) is 8.14. The average molecular weight is 339 g/mol. The maximum absolute atomic E-state index is 12.2. The highest BCUT2D eigenvalue weighted by Gasteiger charge is 2.16. The van der Waals surface area contributed by atoms with Crippen LogP contribution < -0.4 is 15.8 Å². The van der Waals surface area contributed by atoms with Crippen molar-refractivity contribution in [1.82, 2.24) is 30.1 Å². The molecule has 3 aromatic heterocycles. The molecule has 0 aromatic carbocycles. The van der Waals surface area contributed by atoms with E-state index in [2.05, 4.69) is 30.5 Å². The number of nitrogens with one attached hydrogen (secondary N) is 2. The molecule has 2 N–H and O–H groups in total. The lowest BCUT2D eigenvalue weighted by atomic mass is 10.2. The fourth-order valence-electron chi connectivity index (χ4n) is 2.90. The van der Waals surface area contributed by atoms with Gasteiger partial charge in [-0.25, -0.2) is 0 Å². The van der Waals surface area contributed by atoms with Crippen LogP contribution in [0.3, 0.4) is 0 Å². The zero-order valence-electron chi connectivity index (χ0n) is 13.5. The minimum Gasteiger partial charge on any atom is -0.355 e. The van der Waals surface area contributed by atoms with Crippen LogP contribution in [-0.2, 0) is 6.54 Å². The second-order valence-electron chi connectivity index (χ2n) is 5.87. The van der Waals surface area contributed by atoms with Crippen molar-refractivity contribution in [3.05, 3.63) is 52.2 Å². The van der Waals surface area contributed by atoms with Gasteiger partial charge in [-0.05, 0) is 37.1 Å². The summed E-state index contributed by atoms with van der Waals surface area (Å²) in [6, 6.07) is 6.87. The number of aromatic nitrogens is 5. The number of carbonyl (C=O) groups excluding carboxylic acids is 1. The predicted molar refractivity (Wildman–Crippen MR) is 90.5 cm³/mol. The molecule has 4 rings (SSSR count). The fraction of sp³-hybridized carbons (Fsp3) is 0.312. The van der Waals surface area contributed by atoms with E-state index in [-0.39, 0.29) is 12.1 Å². The van der Waals surface area contributed by atoms with Crippen molar-refractivity contribution < 1.29 is 4.79 Å². The Morgan fingerprint density at radius 1 is 1.20 bits per heavy atom. The van der Waals surface area contributed by atoms with Gasteiger partial charge in [0.05, 0.1) is 6.54 Å². The summed E-state index contributed by atoms with van der Waals surface area (Å²) in [5, 5.41) is 15.4. The molecule has 9 nitrogen and oxygen atoms in total. The number of anilines is 1. The van der Waals surface area contributed by atoms with Crippen LogP contribution in [0.15, 0.2) is 35.3 Å². The molecule has 3 aromatic rings. The summed E-state index contributed by atoms with van der Waals surface area (Å²) in [5.74, 6) is 0.919. The number of carbonyl (C=O) groups is 1. The minimum atomic E-state index is -0.464. The molecule has 0 atom stereocenters. The molecule has 1 aliphatic heterocycles. The Morgan fingerprint density at radius 2 is 2.04 bits per heavy atom. The zero-order chi connectivity index (χ0) is 17.2. The van der Waals surface area contributed by atoms with E-state index in [0.717, 1.165) is 31.7 Å². The van der Waals surface area contributed by atoms with Crippen LogP contribution in [0.4, 0.5) is 5.82 Å². The van der Waals surface area contributed by atoms with E-state index in [9.17, 15) is 9.59 Å². The molecule has 0 unspecified atom stereocenters. The topological polar surface area (TPSA) is 108 Å². The van der Waals surface area contributed by atoms with Crippen molar-refractivity contribution in [3.8, 4) is 0 Å². The first-order valence-electron chi connectivity index (χ1n) is 8.14. The smallest absolute Gasteiger partial charge is 0.260 e. The van der Waals surface area contributed by atoms with Gasteiger partial charge in [-0.2, -0.15) is 4.52 Å². The van der Waals surface area contributed by atoms with Crippen molar-refractivity contribution >= 4 is 17.4 Å². The van der Waals surface area contributed by atoms with Gasteiger partial charge >= 0.3 is 0 Å². The standard InChI is InChI=1S/C16H17N7O2/c24-15-11(4-3-7-17-15)16(25)18-10-14-20-19-12-5-6-13(21-23(12)14)22-8-1-2-9-22/h3-7H,1-2,8-10H2,(H,17,24)(H,18,25). The van der Waals surface area contributed by atoms with Crippen LogP contribution in [0, 0.1) is 0 Å². The van der Waals surface area contributed by atoms with Gasteiger partial charge in [-0.15, -0.1) is 15.3 Å². The Morgan fingerprint density at radius 3 is 2.84 bits per heavy atom. The van der Waals surface area contributed by atoms with Gasteiger partial charge in [0.25, 0.3) is 11.5 Å². The first kappa shape index (κ1) is 15.3. The molecule has 1 amide bonds. The largest absolute Gasteiger partial charge is 0.355 e. The summed E-state index contributed by atoms with van der Waals surface area (Å²) >= 11 is 0. The summed E-state index contributed by atoms with van der Waals surface area (Å²) < 4.78 is 1.63. The maximum Gasteiger partial charge on any atom is 0.260 e. The minimum absolute atomic E-state index is 0.0574. The van der Waals surface area contributed by atoms with Crippen molar-refractivity contribution in [3.63, 3.8) is 0 Å². The molecule has 25 heavy (non-hydrogen) atoms. The second kappa shape index (κ2) is 6.34. The molecular formula is C16H17N7O2. The van der Waals surface area contributed by atoms with Gasteiger partial charge in [0.15, 0.2) is 11.5 Å². The van der Waals surface area contributed by atoms with Crippen LogP contribution in [0.25, 0.3) is 5.65 Å². The second-order valence-corrected chi connectivity index (χ2v) is 5.87. The van der Waals surface area contributed by atoms with Crippen molar-refractivity contribution in [2.75, 3.05) is 18.0 Å². The van der Waals surface area contributed by atoms with Gasteiger partial charge in [0, 0.05) is 19.3 Å². The van der Waals surface area contributed by atoms with Crippen LogP contribution in [-0.4, -0.2) is 43.8 Å². The number of rotatable bonds is 4. The lowest BCUT2D eigenvalue weighted by Crippen LogP contribution is -2.29. The molecular weight excluding hydrogens is 322 g/mol. The molecule has 1 fully saturated rings. The molecule has 128 valence electrons. The maximum atomic E-state index is 12.2. The third-order valence-corrected chi connectivity index (χ3v) is 4.21. The third-order valence-electron chi connectivity index (χ3n) is 4.21. The molecule has 1 saturated heterocycles. The van der Waals surface area contributed by atoms with E-state index in [1.165, 1.54) is 12.3 Å². The molecule has 9 heteroatoms. The van der Waals surface area contributed by atoms with E-state index in [1.807, 2.05) is 12.1 Å². The van der Waals surface area contributed by atoms with Gasteiger partial charge in [-0.3, -0.25) is 9.59 Å². The quantitative estimate of drug-likeness (QED) is 0.710. The van der Waals surface area contributed by atoms with E-state index in [4.69, 9.17) is 0 Å². The van der Waals surface area contributed by atoms with Gasteiger partial charge in [0.1, 0.15) is 11.4 Å². The van der Waals surface area contributed by atoms with Gasteiger partial charge in [0.2, 0.25) is 0 Å². The summed E-state index contributed by atoms with van der Waals surface area (Å²) in [6.45, 7) is 2.11. The summed E-state index contributed by atoms with van der Waals surface area (Å²) in [6.07, 6.45) is 3.81. The Kier molecular flexibility index (Phi) is 3.88. The summed E-state index contributed by atoms with van der Waals surface area (Å²) in [5.41, 5.74) is 0.243. The molecule has 0 radical (unpaired) electrons. The van der Waals surface area contributed by atoms with Crippen LogP contribution in [0.2, 0.25) is 0 Å². The van der Waals surface area contributed by atoms with Crippen molar-refractivity contribution in [2.45, 2.75) is 19.4 Å². The van der Waals surface area contributed by atoms with Crippen LogP contribution in [0.5, 0.6) is 0 Å². The van der Waals surface area contributed by atoms with Crippen molar-refractivity contribution in [2.24, 2.45) is 0 Å². The number of nitrogens with zero attached hydrogens (tertiary/aromatic N) is 5. The van der Waals surface area contributed by atoms with Crippen LogP contribution >= 0.6 is 0 Å². The highest BCUT2D eigenvalue weighted by atomic mass is 16.2. The number of hydrogen-bond acceptors (Lipinski definition) is 6. The number of hydrogen-bond donors (Lipinski definition) is 2. The Hall–Kier alpha value is -3.23. The Labute approximate surface area is 142 Å². The van der Waals surface area contributed by atoms with Gasteiger partial charge in [-0.1, -0.05) is 0 Å². The van der Waals surface area contributed by atoms with E-state index < -0.39 is 11.5 Å². The number of H-pyrrole nitrogens is 1. The predicted octanol–water partition coefficient (Wildman–Crippen LogP) is 0.343. The van der Waals surface area contributed by atoms with E-state index >= 15 is 0 Å². The lowest BCUT2D eigenvalue weighted by Gasteiger charge is -2.15. The van der Waals surface area contributed by atoms with E-state index in [0.29, 0.717) is 11.5 Å². The molecule has 0 aliphatic carbocycles. The summed E-state index contributed by atoms with van der Waals surface area (Å²) in [4.78, 5) is 28.5. The monoisotopic (exact) mass is 339 g/mol. The average Bonchev–Trinajstić information content (AvgIpc) is 3.29. The first-order chi connectivity index (χ1) is 12.2. The number of fused-ring (bicyclic) bond motifs is 1. The highest BCUT2D eigenvalue weighted by molar-refractivity contribution is 5.93. The Bertz CT molecular complexity index is 972. The van der Waals surface area contributed by atoms with Crippen LogP contribution in [0.1, 0.15) is 29.0 Å². The van der Waals surface area contributed by atoms with Crippen molar-refractivity contribution in [1.29, 1.82) is 0 Å². The molecule has 4 heterocycles. The Balaban J connectivity index is 1.55. The third kappa shape index (κ3) is 2.95. The summed E-state index contributed by atoms with van der Waals surface area (Å²) in [7, 11) is 0. The molecule has 0 spiro atoms. The molecule has 0 bridgehead atoms. The SMILES string of the molecule is O=C(NCc1nnc2ccc(N3CCCC3)nn12)c1ccc[nH]c1=O. The fourth-order valence-corrected chi connectivity index (χ4v) is 2.90. The molecule has 1 aliphatic rings. The number of pyridine rings is 1.